The number of hydroxylamine groups is 3. The zero-order valence-electron chi connectivity index (χ0n) is 27.0. The van der Waals surface area contributed by atoms with Crippen molar-refractivity contribution in [1.29, 1.82) is 0 Å². The number of ether oxygens (including phenoxy) is 5. The Hall–Kier alpha value is -3.57. The van der Waals surface area contributed by atoms with Crippen LogP contribution in [0.3, 0.4) is 0 Å². The van der Waals surface area contributed by atoms with Crippen LogP contribution in [0.15, 0.2) is 0 Å². The van der Waals surface area contributed by atoms with Gasteiger partial charge in [0.25, 0.3) is 0 Å². The molecule has 0 spiro atoms. The van der Waals surface area contributed by atoms with Crippen LogP contribution in [-0.4, -0.2) is 88.6 Å². The van der Waals surface area contributed by atoms with E-state index < -0.39 is 71.7 Å². The summed E-state index contributed by atoms with van der Waals surface area (Å²) in [6, 6.07) is 0. The molecule has 0 aromatic heterocycles. The van der Waals surface area contributed by atoms with Crippen LogP contribution in [0.5, 0.6) is 0 Å². The molecule has 0 aromatic carbocycles. The summed E-state index contributed by atoms with van der Waals surface area (Å²) in [7, 11) is 0. The maximum atomic E-state index is 11.8. The van der Waals surface area contributed by atoms with Gasteiger partial charge >= 0.3 is 24.4 Å². The second-order valence-electron chi connectivity index (χ2n) is 12.2. The molecule has 18 heteroatoms. The molecular weight excluding hydrogens is 600 g/mol. The normalized spacial score (nSPS) is 10.9. The van der Waals surface area contributed by atoms with Crippen LogP contribution >= 0.6 is 12.4 Å². The minimum absolute atomic E-state index is 0. The van der Waals surface area contributed by atoms with Gasteiger partial charge < -0.3 is 40.4 Å². The lowest BCUT2D eigenvalue weighted by atomic mass is 10.2. The van der Waals surface area contributed by atoms with Crippen molar-refractivity contribution < 1.29 is 62.5 Å². The van der Waals surface area contributed by atoms with E-state index in [1.54, 1.807) is 88.6 Å². The van der Waals surface area contributed by atoms with Gasteiger partial charge in [-0.15, -0.1) is 17.5 Å². The minimum Gasteiger partial charge on any atom is -0.457 e. The van der Waals surface area contributed by atoms with Gasteiger partial charge in [0.05, 0.1) is 6.54 Å². The maximum Gasteiger partial charge on any atom is 0.534 e. The fraction of sp³-hybridized carbons (Fsp3) is 0.760. The molecule has 17 nitrogen and oxygen atoms in total. The molecule has 0 aliphatic carbocycles. The molecular formula is C25H49ClN4O13. The Morgan fingerprint density at radius 3 is 1.35 bits per heavy atom. The number of hydrogen-bond donors (Lipinski definition) is 4. The summed E-state index contributed by atoms with van der Waals surface area (Å²) in [5, 5.41) is 8.10. The zero-order valence-corrected chi connectivity index (χ0v) is 27.8. The summed E-state index contributed by atoms with van der Waals surface area (Å²) in [5.41, 5.74) is 8.27. The molecule has 0 atom stereocenters. The van der Waals surface area contributed by atoms with Gasteiger partial charge in [0, 0.05) is 0 Å². The summed E-state index contributed by atoms with van der Waals surface area (Å²) in [4.78, 5) is 70.6. The summed E-state index contributed by atoms with van der Waals surface area (Å²) in [6.45, 7) is 18.8. The van der Waals surface area contributed by atoms with Crippen LogP contribution < -0.4 is 16.9 Å². The van der Waals surface area contributed by atoms with Gasteiger partial charge in [-0.2, -0.15) is 5.48 Å². The minimum atomic E-state index is -1.13. The molecule has 0 saturated heterocycles. The predicted molar refractivity (Wildman–Crippen MR) is 154 cm³/mol. The van der Waals surface area contributed by atoms with Crippen molar-refractivity contribution in [2.75, 3.05) is 19.7 Å². The van der Waals surface area contributed by atoms with E-state index in [0.717, 1.165) is 0 Å². The Bertz CT molecular complexity index is 875. The number of primary amides is 2. The molecule has 0 fully saturated rings. The molecule has 0 rings (SSSR count). The van der Waals surface area contributed by atoms with Crippen LogP contribution in [0, 0.1) is 0 Å². The molecule has 43 heavy (non-hydrogen) atoms. The first-order valence-electron chi connectivity index (χ1n) is 12.5. The van der Waals surface area contributed by atoms with Gasteiger partial charge in [0.2, 0.25) is 11.8 Å². The average Bonchev–Trinajstić information content (AvgIpc) is 2.67. The van der Waals surface area contributed by atoms with Gasteiger partial charge in [-0.25, -0.2) is 19.2 Å². The van der Waals surface area contributed by atoms with Crippen LogP contribution in [-0.2, 0) is 42.9 Å². The third-order valence-corrected chi connectivity index (χ3v) is 2.84. The molecule has 0 saturated carbocycles. The van der Waals surface area contributed by atoms with E-state index in [4.69, 9.17) is 29.9 Å². The quantitative estimate of drug-likeness (QED) is 0.184. The van der Waals surface area contributed by atoms with E-state index in [0.29, 0.717) is 5.06 Å². The summed E-state index contributed by atoms with van der Waals surface area (Å²) in [5.74, 6) is -2.03. The largest absolute Gasteiger partial charge is 0.534 e. The fourth-order valence-corrected chi connectivity index (χ4v) is 1.79. The number of rotatable bonds is 6. The lowest BCUT2D eigenvalue weighted by Gasteiger charge is -2.26. The predicted octanol–water partition coefficient (Wildman–Crippen LogP) is 2.73. The number of nitrogens with two attached hydrogens (primary N) is 2. The van der Waals surface area contributed by atoms with E-state index in [1.165, 1.54) is 0 Å². The number of esters is 1. The number of carbonyl (C=O) groups is 6. The lowest BCUT2D eigenvalue weighted by Crippen LogP contribution is -2.43. The highest BCUT2D eigenvalue weighted by Gasteiger charge is 2.29. The average molecular weight is 649 g/mol. The highest BCUT2D eigenvalue weighted by molar-refractivity contribution is 5.85. The maximum absolute atomic E-state index is 11.8. The Balaban J connectivity index is -0.000000296. The van der Waals surface area contributed by atoms with Crippen LogP contribution in [0.2, 0.25) is 0 Å². The van der Waals surface area contributed by atoms with E-state index in [-0.39, 0.29) is 19.0 Å². The third kappa shape index (κ3) is 38.4. The van der Waals surface area contributed by atoms with Crippen molar-refractivity contribution in [3.8, 4) is 0 Å². The third-order valence-electron chi connectivity index (χ3n) is 2.84. The summed E-state index contributed by atoms with van der Waals surface area (Å²) >= 11 is 0. The SMILES string of the molecule is CC(C)(C)OC(=O)COC(=O)OC(C)(C)C.CC(C)(C)OC(=O)ON(CC(N)=O)C(=O)OC(C)(C)C.Cl.NC(=O)CNO. The molecule has 0 unspecified atom stereocenters. The van der Waals surface area contributed by atoms with Crippen molar-refractivity contribution >= 4 is 48.6 Å². The molecule has 3 amide bonds. The van der Waals surface area contributed by atoms with Gasteiger partial charge in [0.1, 0.15) is 28.9 Å². The van der Waals surface area contributed by atoms with Crippen LogP contribution in [0.4, 0.5) is 14.4 Å². The second-order valence-corrected chi connectivity index (χ2v) is 12.2. The monoisotopic (exact) mass is 648 g/mol. The number of nitrogens with zero attached hydrogens (tertiary/aromatic N) is 1. The Kier molecular flexibility index (Phi) is 22.0. The van der Waals surface area contributed by atoms with Gasteiger partial charge in [-0.05, 0) is 83.1 Å². The van der Waals surface area contributed by atoms with Crippen molar-refractivity contribution in [1.82, 2.24) is 10.5 Å². The smallest absolute Gasteiger partial charge is 0.457 e. The first kappa shape index (κ1) is 46.4. The van der Waals surface area contributed by atoms with Gasteiger partial charge in [0.15, 0.2) is 6.61 Å². The Morgan fingerprint density at radius 2 is 1.05 bits per heavy atom. The van der Waals surface area contributed by atoms with Crippen LogP contribution in [0.25, 0.3) is 0 Å². The Labute approximate surface area is 258 Å². The molecule has 0 aliphatic heterocycles. The number of halogens is 1. The Morgan fingerprint density at radius 1 is 0.651 bits per heavy atom. The molecule has 0 aromatic rings. The molecule has 6 N–H and O–H groups in total. The highest BCUT2D eigenvalue weighted by Crippen LogP contribution is 2.13. The van der Waals surface area contributed by atoms with E-state index in [1.807, 2.05) is 0 Å². The number of nitrogens with one attached hydrogen (secondary N) is 1. The van der Waals surface area contributed by atoms with Crippen LogP contribution in [0.1, 0.15) is 83.1 Å². The van der Waals surface area contributed by atoms with Crippen molar-refractivity contribution in [3.05, 3.63) is 0 Å². The number of amides is 3. The molecule has 254 valence electrons. The van der Waals surface area contributed by atoms with Crippen molar-refractivity contribution in [2.24, 2.45) is 11.5 Å². The van der Waals surface area contributed by atoms with E-state index in [2.05, 4.69) is 15.3 Å². The topological polar surface area (TPSA) is 245 Å². The molecule has 0 heterocycles. The molecule has 0 aliphatic rings. The number of carbonyl (C=O) groups excluding carboxylic acids is 6. The van der Waals surface area contributed by atoms with Gasteiger partial charge in [-0.3, -0.25) is 14.4 Å². The standard InChI is InChI=1S/C12H22N2O6.C11H20O5.C2H6N2O2.ClH/c1-11(2,3)18-9(16)14(7-8(13)15)20-10(17)19-12(4,5)6;1-10(2,3)15-8(12)7-14-9(13)16-11(4,5)6;3-2(5)1-4-6;/h7H2,1-6H3,(H2,13,15);7H2,1-6H3;4,6H,1H2,(H2,3,5);1H. The van der Waals surface area contributed by atoms with E-state index in [9.17, 15) is 28.8 Å². The second kappa shape index (κ2) is 20.4. The fourth-order valence-electron chi connectivity index (χ4n) is 1.79. The molecule has 0 radical (unpaired) electrons. The first-order valence-corrected chi connectivity index (χ1v) is 12.5. The van der Waals surface area contributed by atoms with Crippen molar-refractivity contribution in [3.63, 3.8) is 0 Å². The number of hydrogen-bond acceptors (Lipinski definition) is 14. The van der Waals surface area contributed by atoms with Crippen molar-refractivity contribution in [2.45, 2.75) is 105 Å². The van der Waals surface area contributed by atoms with Gasteiger partial charge in [-0.1, -0.05) is 0 Å². The summed E-state index contributed by atoms with van der Waals surface area (Å²) in [6.07, 6.45) is -3.02. The van der Waals surface area contributed by atoms with E-state index >= 15 is 0 Å². The highest BCUT2D eigenvalue weighted by atomic mass is 35.5. The first-order chi connectivity index (χ1) is 18.6. The molecule has 0 bridgehead atoms. The zero-order chi connectivity index (χ0) is 34.1. The lowest BCUT2D eigenvalue weighted by molar-refractivity contribution is -0.159. The summed E-state index contributed by atoms with van der Waals surface area (Å²) < 4.78 is 24.2.